The summed E-state index contributed by atoms with van der Waals surface area (Å²) in [5.74, 6) is -1.72. The standard InChI is InChI=1S/C25H29F2N3O2/c1-17-6-9-20(10-7-17)28-24(31)23(18-4-2-3-5-18)29-12-14-30(15-13-29)25(32)21-11-8-19(26)16-22(21)27/h6-11,16,18,23H,2-5,12-15H2,1H3,(H,28,31). The number of piperazine rings is 1. The second-order valence-electron chi connectivity index (χ2n) is 8.80. The van der Waals surface area contributed by atoms with Gasteiger partial charge >= 0.3 is 0 Å². The Morgan fingerprint density at radius 1 is 0.969 bits per heavy atom. The second-order valence-corrected chi connectivity index (χ2v) is 8.80. The fraction of sp³-hybridized carbons (Fsp3) is 0.440. The average Bonchev–Trinajstić information content (AvgIpc) is 3.30. The van der Waals surface area contributed by atoms with Crippen LogP contribution >= 0.6 is 0 Å². The smallest absolute Gasteiger partial charge is 0.256 e. The first-order valence-corrected chi connectivity index (χ1v) is 11.3. The van der Waals surface area contributed by atoms with E-state index in [9.17, 15) is 18.4 Å². The minimum atomic E-state index is -0.848. The first-order valence-electron chi connectivity index (χ1n) is 11.3. The third-order valence-electron chi connectivity index (χ3n) is 6.59. The van der Waals surface area contributed by atoms with Gasteiger partial charge in [0.2, 0.25) is 5.91 Å². The number of carbonyl (C=O) groups is 2. The van der Waals surface area contributed by atoms with Crippen molar-refractivity contribution in [2.45, 2.75) is 38.6 Å². The lowest BCUT2D eigenvalue weighted by molar-refractivity contribution is -0.123. The van der Waals surface area contributed by atoms with E-state index in [1.54, 1.807) is 4.90 Å². The summed E-state index contributed by atoms with van der Waals surface area (Å²) in [4.78, 5) is 29.7. The maximum atomic E-state index is 14.1. The molecule has 32 heavy (non-hydrogen) atoms. The normalized spacial score (nSPS) is 18.5. The lowest BCUT2D eigenvalue weighted by Crippen LogP contribution is -2.57. The number of amides is 2. The molecule has 1 aliphatic heterocycles. The van der Waals surface area contributed by atoms with Crippen LogP contribution in [0.1, 0.15) is 41.6 Å². The van der Waals surface area contributed by atoms with E-state index in [4.69, 9.17) is 0 Å². The van der Waals surface area contributed by atoms with E-state index in [1.807, 2.05) is 31.2 Å². The molecule has 2 fully saturated rings. The zero-order chi connectivity index (χ0) is 22.7. The number of halogens is 2. The quantitative estimate of drug-likeness (QED) is 0.756. The van der Waals surface area contributed by atoms with Crippen LogP contribution in [0.25, 0.3) is 0 Å². The maximum Gasteiger partial charge on any atom is 0.256 e. The molecule has 0 radical (unpaired) electrons. The van der Waals surface area contributed by atoms with Gasteiger partial charge in [-0.25, -0.2) is 8.78 Å². The Bertz CT molecular complexity index is 966. The number of carbonyl (C=O) groups excluding carboxylic acids is 2. The molecular formula is C25H29F2N3O2. The van der Waals surface area contributed by atoms with Crippen LogP contribution in [0, 0.1) is 24.5 Å². The molecule has 0 bridgehead atoms. The molecule has 0 aromatic heterocycles. The molecule has 1 N–H and O–H groups in total. The summed E-state index contributed by atoms with van der Waals surface area (Å²) in [7, 11) is 0. The van der Waals surface area contributed by atoms with Gasteiger partial charge in [0.1, 0.15) is 11.6 Å². The summed E-state index contributed by atoms with van der Waals surface area (Å²) in [5.41, 5.74) is 1.79. The Morgan fingerprint density at radius 2 is 1.62 bits per heavy atom. The largest absolute Gasteiger partial charge is 0.336 e. The molecule has 1 unspecified atom stereocenters. The number of rotatable bonds is 5. The van der Waals surface area contributed by atoms with Crippen molar-refractivity contribution < 1.29 is 18.4 Å². The van der Waals surface area contributed by atoms with E-state index < -0.39 is 17.5 Å². The summed E-state index contributed by atoms with van der Waals surface area (Å²) < 4.78 is 27.2. The number of hydrogen-bond donors (Lipinski definition) is 1. The molecule has 1 atom stereocenters. The van der Waals surface area contributed by atoms with Crippen LogP contribution in [0.2, 0.25) is 0 Å². The van der Waals surface area contributed by atoms with Gasteiger partial charge < -0.3 is 10.2 Å². The molecule has 1 saturated heterocycles. The van der Waals surface area contributed by atoms with E-state index in [0.717, 1.165) is 49.1 Å². The zero-order valence-corrected chi connectivity index (χ0v) is 18.3. The lowest BCUT2D eigenvalue weighted by atomic mass is 9.94. The van der Waals surface area contributed by atoms with Gasteiger partial charge in [-0.15, -0.1) is 0 Å². The number of benzene rings is 2. The van der Waals surface area contributed by atoms with Crippen molar-refractivity contribution >= 4 is 17.5 Å². The number of anilines is 1. The molecule has 7 heteroatoms. The van der Waals surface area contributed by atoms with Crippen molar-refractivity contribution in [3.05, 3.63) is 65.2 Å². The Hall–Kier alpha value is -2.80. The Labute approximate surface area is 187 Å². The van der Waals surface area contributed by atoms with Gasteiger partial charge in [0.25, 0.3) is 5.91 Å². The molecular weight excluding hydrogens is 412 g/mol. The lowest BCUT2D eigenvalue weighted by Gasteiger charge is -2.40. The van der Waals surface area contributed by atoms with Crippen molar-refractivity contribution in [1.82, 2.24) is 9.80 Å². The van der Waals surface area contributed by atoms with Crippen LogP contribution in [0.4, 0.5) is 14.5 Å². The van der Waals surface area contributed by atoms with Crippen molar-refractivity contribution in [3.63, 3.8) is 0 Å². The predicted octanol–water partition coefficient (Wildman–Crippen LogP) is 4.23. The molecule has 5 nitrogen and oxygen atoms in total. The van der Waals surface area contributed by atoms with Crippen LogP contribution in [0.3, 0.4) is 0 Å². The molecule has 2 aliphatic rings. The number of hydrogen-bond acceptors (Lipinski definition) is 3. The summed E-state index contributed by atoms with van der Waals surface area (Å²) in [6.07, 6.45) is 4.29. The minimum absolute atomic E-state index is 0.00916. The first-order chi connectivity index (χ1) is 15.4. The highest BCUT2D eigenvalue weighted by Gasteiger charge is 2.37. The second kappa shape index (κ2) is 9.77. The SMILES string of the molecule is Cc1ccc(NC(=O)C(C2CCCC2)N2CCN(C(=O)c3ccc(F)cc3F)CC2)cc1. The molecule has 2 amide bonds. The van der Waals surface area contributed by atoms with E-state index >= 15 is 0 Å². The third kappa shape index (κ3) is 4.99. The fourth-order valence-electron chi connectivity index (χ4n) is 4.84. The highest BCUT2D eigenvalue weighted by Crippen LogP contribution is 2.32. The van der Waals surface area contributed by atoms with Gasteiger partial charge in [-0.1, -0.05) is 30.5 Å². The van der Waals surface area contributed by atoms with Gasteiger partial charge in [-0.2, -0.15) is 0 Å². The maximum absolute atomic E-state index is 14.1. The molecule has 1 heterocycles. The van der Waals surface area contributed by atoms with Crippen LogP contribution in [0.15, 0.2) is 42.5 Å². The fourth-order valence-corrected chi connectivity index (χ4v) is 4.84. The molecule has 1 saturated carbocycles. The van der Waals surface area contributed by atoms with Gasteiger partial charge in [-0.05, 0) is 49.9 Å². The van der Waals surface area contributed by atoms with Crippen molar-refractivity contribution in [2.75, 3.05) is 31.5 Å². The predicted molar refractivity (Wildman–Crippen MR) is 119 cm³/mol. The summed E-state index contributed by atoms with van der Waals surface area (Å²) in [6, 6.07) is 10.5. The number of aryl methyl sites for hydroxylation is 1. The summed E-state index contributed by atoms with van der Waals surface area (Å²) >= 11 is 0. The van der Waals surface area contributed by atoms with Crippen molar-refractivity contribution in [1.29, 1.82) is 0 Å². The van der Waals surface area contributed by atoms with Crippen LogP contribution < -0.4 is 5.32 Å². The average molecular weight is 442 g/mol. The van der Waals surface area contributed by atoms with Gasteiger partial charge in [0, 0.05) is 37.9 Å². The molecule has 1 aliphatic carbocycles. The summed E-state index contributed by atoms with van der Waals surface area (Å²) in [6.45, 7) is 3.88. The topological polar surface area (TPSA) is 52.7 Å². The Morgan fingerprint density at radius 3 is 2.25 bits per heavy atom. The third-order valence-corrected chi connectivity index (χ3v) is 6.59. The molecule has 0 spiro atoms. The van der Waals surface area contributed by atoms with Crippen molar-refractivity contribution in [3.8, 4) is 0 Å². The minimum Gasteiger partial charge on any atom is -0.336 e. The highest BCUT2D eigenvalue weighted by molar-refractivity contribution is 5.96. The summed E-state index contributed by atoms with van der Waals surface area (Å²) in [5, 5.41) is 3.07. The van der Waals surface area contributed by atoms with E-state index in [1.165, 1.54) is 6.07 Å². The van der Waals surface area contributed by atoms with Crippen LogP contribution in [-0.4, -0.2) is 53.8 Å². The first kappa shape index (κ1) is 22.4. The van der Waals surface area contributed by atoms with Crippen LogP contribution in [-0.2, 0) is 4.79 Å². The Kier molecular flexibility index (Phi) is 6.84. The van der Waals surface area contributed by atoms with E-state index in [0.29, 0.717) is 26.2 Å². The van der Waals surface area contributed by atoms with Gasteiger partial charge in [-0.3, -0.25) is 14.5 Å². The highest BCUT2D eigenvalue weighted by atomic mass is 19.1. The van der Waals surface area contributed by atoms with E-state index in [2.05, 4.69) is 10.2 Å². The molecule has 2 aromatic rings. The Balaban J connectivity index is 1.43. The number of nitrogens with zero attached hydrogens (tertiary/aromatic N) is 2. The molecule has 2 aromatic carbocycles. The van der Waals surface area contributed by atoms with Crippen LogP contribution in [0.5, 0.6) is 0 Å². The van der Waals surface area contributed by atoms with Crippen molar-refractivity contribution in [2.24, 2.45) is 5.92 Å². The monoisotopic (exact) mass is 441 g/mol. The van der Waals surface area contributed by atoms with E-state index in [-0.39, 0.29) is 23.4 Å². The number of nitrogens with one attached hydrogen (secondary N) is 1. The molecule has 4 rings (SSSR count). The zero-order valence-electron chi connectivity index (χ0n) is 18.3. The molecule has 170 valence electrons. The van der Waals surface area contributed by atoms with Gasteiger partial charge in [0.15, 0.2) is 0 Å². The van der Waals surface area contributed by atoms with Gasteiger partial charge in [0.05, 0.1) is 11.6 Å².